The van der Waals surface area contributed by atoms with E-state index in [0.29, 0.717) is 17.5 Å². The molecule has 288 valence electrons. The summed E-state index contributed by atoms with van der Waals surface area (Å²) in [5, 5.41) is 49.6. The highest BCUT2D eigenvalue weighted by Crippen LogP contribution is 2.38. The predicted molar refractivity (Wildman–Crippen MR) is 206 cm³/mol. The number of carbonyl (C=O) groups is 2. The quantitative estimate of drug-likeness (QED) is 0.0389. The van der Waals surface area contributed by atoms with E-state index in [2.05, 4.69) is 31.0 Å². The van der Waals surface area contributed by atoms with Crippen LogP contribution in [0.1, 0.15) is 26.3 Å². The molecule has 0 amide bonds. The minimum absolute atomic E-state index is 0.178. The minimum atomic E-state index is -5.15. The maximum absolute atomic E-state index is 13.6. The molecule has 0 atom stereocenters. The molecule has 3 aromatic carbocycles. The van der Waals surface area contributed by atoms with Gasteiger partial charge in [0.25, 0.3) is 25.9 Å². The topological polar surface area (TPSA) is 326 Å². The molecule has 22 heteroatoms. The van der Waals surface area contributed by atoms with Crippen molar-refractivity contribution in [1.82, 2.24) is 0 Å². The number of carboxylic acids is 1. The summed E-state index contributed by atoms with van der Waals surface area (Å²) in [7, 11) is -10.2. The maximum Gasteiger partial charge on any atom is 0.339 e. The first-order chi connectivity index (χ1) is 26.9. The number of nitrogen functional groups attached to an aromatic ring is 1. The smallest absolute Gasteiger partial charge is 0.339 e. The van der Waals surface area contributed by atoms with E-state index < -0.39 is 63.8 Å². The summed E-state index contributed by atoms with van der Waals surface area (Å²) in [6.07, 6.45) is 14.1. The van der Waals surface area contributed by atoms with Crippen LogP contribution in [0, 0.1) is 10.1 Å². The van der Waals surface area contributed by atoms with Crippen LogP contribution in [-0.2, 0) is 20.2 Å². The van der Waals surface area contributed by atoms with Crippen LogP contribution >= 0.6 is 0 Å². The van der Waals surface area contributed by atoms with E-state index in [4.69, 9.17) is 5.73 Å². The second-order valence-electron chi connectivity index (χ2n) is 11.8. The number of hydrogen-bond donors (Lipinski definition) is 6. The number of fused-ring (bicyclic) bond motifs is 1. The van der Waals surface area contributed by atoms with Crippen molar-refractivity contribution in [3.8, 4) is 5.75 Å². The summed E-state index contributed by atoms with van der Waals surface area (Å²) in [4.78, 5) is 33.2. The first-order valence-electron chi connectivity index (χ1n) is 15.8. The Kier molecular flexibility index (Phi) is 10.5. The summed E-state index contributed by atoms with van der Waals surface area (Å²) in [5.74, 6) is -2.70. The molecule has 0 unspecified atom stereocenters. The molecule has 0 saturated heterocycles. The summed E-state index contributed by atoms with van der Waals surface area (Å²) in [6, 6.07) is 8.68. The first kappa shape index (κ1) is 39.2. The average Bonchev–Trinajstić information content (AvgIpc) is 3.16. The van der Waals surface area contributed by atoms with Gasteiger partial charge in [0.1, 0.15) is 32.5 Å². The third kappa shape index (κ3) is 8.58. The van der Waals surface area contributed by atoms with Crippen LogP contribution in [0.25, 0.3) is 6.08 Å². The van der Waals surface area contributed by atoms with Crippen molar-refractivity contribution in [3.63, 3.8) is 0 Å². The highest BCUT2D eigenvalue weighted by Gasteiger charge is 2.35. The van der Waals surface area contributed by atoms with E-state index in [1.165, 1.54) is 42.5 Å². The van der Waals surface area contributed by atoms with Gasteiger partial charge in [-0.3, -0.25) is 29.4 Å². The lowest BCUT2D eigenvalue weighted by Crippen LogP contribution is -2.26. The molecule has 0 aliphatic heterocycles. The van der Waals surface area contributed by atoms with Gasteiger partial charge in [-0.1, -0.05) is 24.3 Å². The Balaban J connectivity index is 1.25. The molecule has 0 aromatic heterocycles. The molecular weight excluding hydrogens is 789 g/mol. The molecule has 0 spiro atoms. The molecule has 7 N–H and O–H groups in total. The molecule has 57 heavy (non-hydrogen) atoms. The van der Waals surface area contributed by atoms with Crippen LogP contribution in [0.15, 0.2) is 144 Å². The number of azo groups is 1. The number of hydrazone groups is 1. The van der Waals surface area contributed by atoms with Crippen LogP contribution in [-0.4, -0.2) is 70.0 Å². The Morgan fingerprint density at radius 2 is 1.46 bits per heavy atom. The Bertz CT molecular complexity index is 2830. The SMILES string of the molecule is Nc1ccc2c(c1N=Nc1ccc([N+](=O)[O-])cc1S(=O)(=O)O)C=C(S(=O)(=O)O)C(=NN=C1C=CC(=C3C=CC(=NNc4ccc(O)c(C(=O)O)c4)C=C3)C=C1)C2=O. The number of phenols is 1. The van der Waals surface area contributed by atoms with Crippen LogP contribution in [0.3, 0.4) is 0 Å². The number of nitro benzene ring substituents is 1. The number of benzene rings is 3. The molecule has 0 saturated carbocycles. The Hall–Kier alpha value is -7.53. The van der Waals surface area contributed by atoms with Crippen LogP contribution in [0.2, 0.25) is 0 Å². The van der Waals surface area contributed by atoms with Gasteiger partial charge in [-0.15, -0.1) is 15.3 Å². The number of allylic oxidation sites excluding steroid dienone is 11. The second kappa shape index (κ2) is 15.3. The van der Waals surface area contributed by atoms with Crippen LogP contribution in [0.5, 0.6) is 5.75 Å². The number of nitrogens with zero attached hydrogens (tertiary/aromatic N) is 6. The van der Waals surface area contributed by atoms with Crippen molar-refractivity contribution in [2.75, 3.05) is 11.2 Å². The van der Waals surface area contributed by atoms with Crippen LogP contribution in [0.4, 0.5) is 28.4 Å². The van der Waals surface area contributed by atoms with Crippen molar-refractivity contribution in [1.29, 1.82) is 0 Å². The van der Waals surface area contributed by atoms with Crippen LogP contribution < -0.4 is 11.2 Å². The molecule has 6 rings (SSSR count). The summed E-state index contributed by atoms with van der Waals surface area (Å²) in [5.41, 5.74) is 8.01. The zero-order chi connectivity index (χ0) is 41.2. The van der Waals surface area contributed by atoms with E-state index in [-0.39, 0.29) is 39.5 Å². The molecule has 0 bridgehead atoms. The minimum Gasteiger partial charge on any atom is -0.507 e. The number of Topliss-reactive ketones (excluding diaryl/α,β-unsaturated/α-hetero) is 1. The molecule has 3 aliphatic carbocycles. The number of aromatic carboxylic acids is 1. The lowest BCUT2D eigenvalue weighted by atomic mass is 9.92. The van der Waals surface area contributed by atoms with Crippen molar-refractivity contribution in [2.24, 2.45) is 25.5 Å². The van der Waals surface area contributed by atoms with Gasteiger partial charge in [-0.2, -0.15) is 27.0 Å². The number of nitrogens with one attached hydrogen (secondary N) is 1. The Morgan fingerprint density at radius 3 is 2.05 bits per heavy atom. The number of rotatable bonds is 9. The molecule has 3 aromatic rings. The van der Waals surface area contributed by atoms with Gasteiger partial charge in [0, 0.05) is 23.3 Å². The molecule has 0 heterocycles. The fourth-order valence-corrected chi connectivity index (χ4v) is 6.57. The predicted octanol–water partition coefficient (Wildman–Crippen LogP) is 5.48. The van der Waals surface area contributed by atoms with Crippen molar-refractivity contribution >= 4 is 83.6 Å². The number of hydrogen-bond acceptors (Lipinski definition) is 16. The van der Waals surface area contributed by atoms with E-state index >= 15 is 0 Å². The first-order valence-corrected chi connectivity index (χ1v) is 18.7. The largest absolute Gasteiger partial charge is 0.507 e. The normalized spacial score (nSPS) is 15.9. The molecule has 20 nitrogen and oxygen atoms in total. The number of aromatic hydroxyl groups is 1. The van der Waals surface area contributed by atoms with Gasteiger partial charge >= 0.3 is 5.97 Å². The number of anilines is 2. The highest BCUT2D eigenvalue weighted by molar-refractivity contribution is 7.91. The van der Waals surface area contributed by atoms with E-state index in [1.54, 1.807) is 36.5 Å². The summed E-state index contributed by atoms with van der Waals surface area (Å²) < 4.78 is 68.6. The van der Waals surface area contributed by atoms with Gasteiger partial charge in [0.2, 0.25) is 5.78 Å². The molecule has 0 radical (unpaired) electrons. The van der Waals surface area contributed by atoms with Crippen molar-refractivity contribution < 1.29 is 50.7 Å². The fourth-order valence-electron chi connectivity index (χ4n) is 5.28. The number of carboxylic acid groups (broad SMARTS) is 1. The highest BCUT2D eigenvalue weighted by atomic mass is 32.2. The number of carbonyl (C=O) groups excluding carboxylic acids is 1. The van der Waals surface area contributed by atoms with Gasteiger partial charge < -0.3 is 15.9 Å². The lowest BCUT2D eigenvalue weighted by Gasteiger charge is -2.17. The third-order valence-electron chi connectivity index (χ3n) is 8.06. The zero-order valence-corrected chi connectivity index (χ0v) is 30.1. The monoisotopic (exact) mass is 812 g/mol. The maximum atomic E-state index is 13.6. The van der Waals surface area contributed by atoms with Gasteiger partial charge in [0.15, 0.2) is 5.71 Å². The fraction of sp³-hybridized carbons (Fsp3) is 0. The van der Waals surface area contributed by atoms with Gasteiger partial charge in [0.05, 0.1) is 27.7 Å². The van der Waals surface area contributed by atoms with E-state index in [1.807, 2.05) is 0 Å². The third-order valence-corrected chi connectivity index (χ3v) is 9.81. The Labute approximate surface area is 320 Å². The second-order valence-corrected chi connectivity index (χ2v) is 14.5. The molecular formula is C35H24N8O12S2. The number of nitrogens with two attached hydrogens (primary N) is 1. The summed E-state index contributed by atoms with van der Waals surface area (Å²) in [6.45, 7) is 0. The van der Waals surface area contributed by atoms with Gasteiger partial charge in [-0.25, -0.2) is 4.79 Å². The number of ketones is 1. The molecule has 0 fully saturated rings. The number of nitro groups is 1. The Morgan fingerprint density at radius 1 is 0.807 bits per heavy atom. The van der Waals surface area contributed by atoms with E-state index in [0.717, 1.165) is 29.4 Å². The molecule has 3 aliphatic rings. The van der Waals surface area contributed by atoms with Crippen molar-refractivity contribution in [3.05, 3.63) is 140 Å². The average molecular weight is 813 g/mol. The standard InChI is InChI=1S/C35H24N8O12S2/c36-27-12-11-24-25(32(27)41-40-28-13-10-23(43(48)49)16-30(28)56(50,51)52)17-31(57(53,54)55)33(34(24)45)42-38-21-7-3-19(4-8-21)18-1-5-20(6-2-18)37-39-22-9-14-29(44)26(15-22)35(46)47/h1-17,39,44H,36H2,(H,46,47)(H,50,51,52)(H,53,54,55). The van der Waals surface area contributed by atoms with Crippen molar-refractivity contribution in [2.45, 2.75) is 4.90 Å². The van der Waals surface area contributed by atoms with Gasteiger partial charge in [-0.05, 0) is 77.9 Å². The zero-order valence-electron chi connectivity index (χ0n) is 28.4. The lowest BCUT2D eigenvalue weighted by molar-refractivity contribution is -0.385. The number of non-ortho nitro benzene ring substituents is 1. The summed E-state index contributed by atoms with van der Waals surface area (Å²) >= 11 is 0. The van der Waals surface area contributed by atoms with E-state index in [9.17, 15) is 55.9 Å².